The molecule has 1 unspecified atom stereocenters. The smallest absolute Gasteiger partial charge is 0.0624 e. The second-order valence-electron chi connectivity index (χ2n) is 5.92. The second-order valence-corrected chi connectivity index (χ2v) is 5.92. The summed E-state index contributed by atoms with van der Waals surface area (Å²) < 4.78 is 0. The van der Waals surface area contributed by atoms with E-state index >= 15 is 0 Å². The van der Waals surface area contributed by atoms with Crippen LogP contribution in [-0.2, 0) is 0 Å². The van der Waals surface area contributed by atoms with E-state index in [9.17, 15) is 0 Å². The molecule has 1 fully saturated rings. The van der Waals surface area contributed by atoms with Crippen molar-refractivity contribution >= 4 is 0 Å². The lowest BCUT2D eigenvalue weighted by atomic mass is 9.72. The van der Waals surface area contributed by atoms with Gasteiger partial charge >= 0.3 is 0 Å². The second kappa shape index (κ2) is 5.65. The fourth-order valence-corrected chi connectivity index (χ4v) is 2.53. The van der Waals surface area contributed by atoms with Crippen LogP contribution < -0.4 is 0 Å². The van der Waals surface area contributed by atoms with E-state index in [1.165, 1.54) is 6.42 Å². The van der Waals surface area contributed by atoms with Crippen molar-refractivity contribution in [2.24, 2.45) is 11.3 Å². The van der Waals surface area contributed by atoms with Gasteiger partial charge in [0.1, 0.15) is 0 Å². The zero-order valence-electron chi connectivity index (χ0n) is 11.2. The Labute approximate surface area is 100 Å². The minimum atomic E-state index is 0.292. The minimum Gasteiger partial charge on any atom is -0.308 e. The average Bonchev–Trinajstić information content (AvgIpc) is 2.18. The molecule has 0 bridgehead atoms. The minimum absolute atomic E-state index is 0.292. The SMILES string of the molecule is CN(C)CCN1CCC(CC#N)C(C)(C)C1. The monoisotopic (exact) mass is 223 g/mol. The van der Waals surface area contributed by atoms with Crippen molar-refractivity contribution in [3.05, 3.63) is 0 Å². The molecule has 3 heteroatoms. The highest BCUT2D eigenvalue weighted by molar-refractivity contribution is 4.91. The molecule has 16 heavy (non-hydrogen) atoms. The molecule has 0 radical (unpaired) electrons. The number of hydrogen-bond donors (Lipinski definition) is 0. The van der Waals surface area contributed by atoms with E-state index in [2.05, 4.69) is 43.8 Å². The molecule has 1 saturated heterocycles. The first kappa shape index (κ1) is 13.5. The summed E-state index contributed by atoms with van der Waals surface area (Å²) in [6, 6.07) is 2.33. The maximum absolute atomic E-state index is 8.82. The van der Waals surface area contributed by atoms with Gasteiger partial charge in [-0.05, 0) is 38.4 Å². The lowest BCUT2D eigenvalue weighted by molar-refractivity contribution is 0.0538. The van der Waals surface area contributed by atoms with Gasteiger partial charge in [0.2, 0.25) is 0 Å². The summed E-state index contributed by atoms with van der Waals surface area (Å²) >= 11 is 0. The fourth-order valence-electron chi connectivity index (χ4n) is 2.53. The zero-order valence-corrected chi connectivity index (χ0v) is 11.2. The summed E-state index contributed by atoms with van der Waals surface area (Å²) in [4.78, 5) is 4.77. The highest BCUT2D eigenvalue weighted by Crippen LogP contribution is 2.36. The number of piperidine rings is 1. The number of likely N-dealkylation sites (tertiary alicyclic amines) is 1. The van der Waals surface area contributed by atoms with Gasteiger partial charge in [-0.25, -0.2) is 0 Å². The van der Waals surface area contributed by atoms with Crippen LogP contribution in [0.3, 0.4) is 0 Å². The number of rotatable bonds is 4. The normalized spacial score (nSPS) is 25.6. The van der Waals surface area contributed by atoms with Crippen LogP contribution in [0.2, 0.25) is 0 Å². The van der Waals surface area contributed by atoms with Crippen LogP contribution in [0.15, 0.2) is 0 Å². The molecule has 1 rings (SSSR count). The number of hydrogen-bond acceptors (Lipinski definition) is 3. The first-order valence-corrected chi connectivity index (χ1v) is 6.20. The van der Waals surface area contributed by atoms with Gasteiger partial charge in [-0.3, -0.25) is 0 Å². The van der Waals surface area contributed by atoms with E-state index in [0.29, 0.717) is 17.8 Å². The molecule has 1 atom stereocenters. The number of likely N-dealkylation sites (N-methyl/N-ethyl adjacent to an activating group) is 1. The fraction of sp³-hybridized carbons (Fsp3) is 0.923. The molecule has 0 aromatic rings. The Kier molecular flexibility index (Phi) is 4.76. The van der Waals surface area contributed by atoms with E-state index in [4.69, 9.17) is 5.26 Å². The molecule has 0 saturated carbocycles. The Bertz CT molecular complexity index is 252. The Balaban J connectivity index is 2.44. The average molecular weight is 223 g/mol. The Morgan fingerprint density at radius 1 is 1.44 bits per heavy atom. The van der Waals surface area contributed by atoms with E-state index in [1.807, 2.05) is 0 Å². The summed E-state index contributed by atoms with van der Waals surface area (Å²) in [5.74, 6) is 0.577. The summed E-state index contributed by atoms with van der Waals surface area (Å²) in [5, 5.41) is 8.82. The van der Waals surface area contributed by atoms with Gasteiger partial charge in [0.05, 0.1) is 6.07 Å². The molecule has 0 N–H and O–H groups in total. The molecule has 1 aliphatic heterocycles. The van der Waals surface area contributed by atoms with Crippen molar-refractivity contribution in [2.75, 3.05) is 40.3 Å². The summed E-state index contributed by atoms with van der Waals surface area (Å²) in [5.41, 5.74) is 0.292. The molecule has 0 spiro atoms. The highest BCUT2D eigenvalue weighted by atomic mass is 15.2. The van der Waals surface area contributed by atoms with Gasteiger partial charge in [-0.15, -0.1) is 0 Å². The van der Waals surface area contributed by atoms with Crippen LogP contribution in [0.5, 0.6) is 0 Å². The molecular weight excluding hydrogens is 198 g/mol. The maximum Gasteiger partial charge on any atom is 0.0624 e. The third kappa shape index (κ3) is 3.77. The van der Waals surface area contributed by atoms with Crippen LogP contribution in [-0.4, -0.2) is 50.1 Å². The largest absolute Gasteiger partial charge is 0.308 e. The summed E-state index contributed by atoms with van der Waals surface area (Å²) in [6.45, 7) is 9.17. The maximum atomic E-state index is 8.82. The third-order valence-electron chi connectivity index (χ3n) is 3.73. The van der Waals surface area contributed by atoms with Crippen molar-refractivity contribution in [1.29, 1.82) is 5.26 Å². The van der Waals surface area contributed by atoms with Crippen molar-refractivity contribution in [2.45, 2.75) is 26.7 Å². The van der Waals surface area contributed by atoms with Gasteiger partial charge < -0.3 is 9.80 Å². The lowest BCUT2D eigenvalue weighted by Crippen LogP contribution is -2.47. The first-order valence-electron chi connectivity index (χ1n) is 6.20. The van der Waals surface area contributed by atoms with Crippen molar-refractivity contribution in [3.8, 4) is 6.07 Å². The van der Waals surface area contributed by atoms with Crippen molar-refractivity contribution < 1.29 is 0 Å². The predicted molar refractivity (Wildman–Crippen MR) is 67.1 cm³/mol. The van der Waals surface area contributed by atoms with Crippen LogP contribution in [0.4, 0.5) is 0 Å². The highest BCUT2D eigenvalue weighted by Gasteiger charge is 2.35. The molecular formula is C13H25N3. The molecule has 92 valence electrons. The molecule has 0 aromatic heterocycles. The molecule has 0 aliphatic carbocycles. The van der Waals surface area contributed by atoms with E-state index < -0.39 is 0 Å². The Morgan fingerprint density at radius 3 is 2.62 bits per heavy atom. The quantitative estimate of drug-likeness (QED) is 0.728. The van der Waals surface area contributed by atoms with Crippen LogP contribution in [0.1, 0.15) is 26.7 Å². The predicted octanol–water partition coefficient (Wildman–Crippen LogP) is 1.81. The van der Waals surface area contributed by atoms with E-state index in [1.54, 1.807) is 0 Å². The number of nitrogens with zero attached hydrogens (tertiary/aromatic N) is 3. The number of nitriles is 1. The van der Waals surface area contributed by atoms with E-state index in [0.717, 1.165) is 26.2 Å². The van der Waals surface area contributed by atoms with Crippen molar-refractivity contribution in [1.82, 2.24) is 9.80 Å². The molecule has 1 aliphatic rings. The molecule has 3 nitrogen and oxygen atoms in total. The zero-order chi connectivity index (χ0) is 12.2. The van der Waals surface area contributed by atoms with Crippen LogP contribution in [0, 0.1) is 22.7 Å². The first-order chi connectivity index (χ1) is 7.45. The van der Waals surface area contributed by atoms with Gasteiger partial charge in [0, 0.05) is 26.1 Å². The van der Waals surface area contributed by atoms with Gasteiger partial charge in [0.25, 0.3) is 0 Å². The molecule has 0 amide bonds. The van der Waals surface area contributed by atoms with Gasteiger partial charge in [-0.2, -0.15) is 5.26 Å². The van der Waals surface area contributed by atoms with Crippen molar-refractivity contribution in [3.63, 3.8) is 0 Å². The standard InChI is InChI=1S/C13H25N3/c1-13(2)11-16(10-9-15(3)4)8-6-12(13)5-7-14/h12H,5-6,8-11H2,1-4H3. The third-order valence-corrected chi connectivity index (χ3v) is 3.73. The van der Waals surface area contributed by atoms with Crippen LogP contribution >= 0.6 is 0 Å². The summed E-state index contributed by atoms with van der Waals surface area (Å²) in [6.07, 6.45) is 1.89. The van der Waals surface area contributed by atoms with Gasteiger partial charge in [0.15, 0.2) is 0 Å². The lowest BCUT2D eigenvalue weighted by Gasteiger charge is -2.44. The molecule has 1 heterocycles. The molecule has 0 aromatic carbocycles. The van der Waals surface area contributed by atoms with Gasteiger partial charge in [-0.1, -0.05) is 13.8 Å². The van der Waals surface area contributed by atoms with E-state index in [-0.39, 0.29) is 0 Å². The Hall–Kier alpha value is -0.590. The van der Waals surface area contributed by atoms with Crippen LogP contribution in [0.25, 0.3) is 0 Å². The summed E-state index contributed by atoms with van der Waals surface area (Å²) in [7, 11) is 4.24. The Morgan fingerprint density at radius 2 is 2.12 bits per heavy atom. The topological polar surface area (TPSA) is 30.3 Å².